The van der Waals surface area contributed by atoms with Gasteiger partial charge in [0.2, 0.25) is 0 Å². The van der Waals surface area contributed by atoms with Gasteiger partial charge in [-0.05, 0) is 58.6 Å². The number of aryl methyl sites for hydroxylation is 1. The number of rotatable bonds is 4. The number of nitrogens with two attached hydrogens (primary N) is 1. The Bertz CT molecular complexity index is 538. The first-order valence-corrected chi connectivity index (χ1v) is 6.79. The second kappa shape index (κ2) is 5.91. The van der Waals surface area contributed by atoms with Crippen molar-refractivity contribution in [2.45, 2.75) is 13.3 Å². The van der Waals surface area contributed by atoms with E-state index in [0.717, 1.165) is 28.8 Å². The highest BCUT2D eigenvalue weighted by atomic mass is 79.9. The standard InChI is InChI=1S/C15H17BrN2/c1-11-4-2-3-5-12(11)8-9-18-15-7-6-13(17)10-14(15)16/h2-7,10,18H,8-9,17H2,1H3. The van der Waals surface area contributed by atoms with E-state index in [1.807, 2.05) is 18.2 Å². The molecule has 2 aromatic rings. The SMILES string of the molecule is Cc1ccccc1CCNc1ccc(N)cc1Br. The molecule has 18 heavy (non-hydrogen) atoms. The molecule has 3 N–H and O–H groups in total. The number of benzene rings is 2. The lowest BCUT2D eigenvalue weighted by atomic mass is 10.1. The molecule has 0 fully saturated rings. The van der Waals surface area contributed by atoms with E-state index in [1.54, 1.807) is 0 Å². The van der Waals surface area contributed by atoms with Crippen molar-refractivity contribution in [3.05, 3.63) is 58.1 Å². The molecule has 0 radical (unpaired) electrons. The van der Waals surface area contributed by atoms with Crippen LogP contribution in [0.3, 0.4) is 0 Å². The van der Waals surface area contributed by atoms with Crippen LogP contribution in [0.25, 0.3) is 0 Å². The minimum absolute atomic E-state index is 0.770. The van der Waals surface area contributed by atoms with Crippen LogP contribution in [0.15, 0.2) is 46.9 Å². The third-order valence-electron chi connectivity index (χ3n) is 2.96. The summed E-state index contributed by atoms with van der Waals surface area (Å²) in [6.45, 7) is 3.06. The number of hydrogen-bond acceptors (Lipinski definition) is 2. The highest BCUT2D eigenvalue weighted by molar-refractivity contribution is 9.10. The summed E-state index contributed by atoms with van der Waals surface area (Å²) in [6, 6.07) is 14.3. The Hall–Kier alpha value is -1.48. The molecule has 0 saturated heterocycles. The summed E-state index contributed by atoms with van der Waals surface area (Å²) in [5, 5.41) is 3.41. The fourth-order valence-corrected chi connectivity index (χ4v) is 2.43. The van der Waals surface area contributed by atoms with Crippen molar-refractivity contribution in [3.8, 4) is 0 Å². The molecule has 0 aromatic heterocycles. The summed E-state index contributed by atoms with van der Waals surface area (Å²) in [7, 11) is 0. The number of anilines is 2. The smallest absolute Gasteiger partial charge is 0.0486 e. The van der Waals surface area contributed by atoms with E-state index in [1.165, 1.54) is 11.1 Å². The van der Waals surface area contributed by atoms with Gasteiger partial charge in [0.1, 0.15) is 0 Å². The predicted molar refractivity (Wildman–Crippen MR) is 81.9 cm³/mol. The van der Waals surface area contributed by atoms with Crippen LogP contribution in [0.2, 0.25) is 0 Å². The molecule has 0 aliphatic rings. The van der Waals surface area contributed by atoms with Crippen LogP contribution in [0.1, 0.15) is 11.1 Å². The van der Waals surface area contributed by atoms with E-state index in [0.29, 0.717) is 0 Å². The monoisotopic (exact) mass is 304 g/mol. The molecular formula is C15H17BrN2. The third-order valence-corrected chi connectivity index (χ3v) is 3.62. The van der Waals surface area contributed by atoms with Gasteiger partial charge < -0.3 is 11.1 Å². The number of nitrogen functional groups attached to an aromatic ring is 1. The average Bonchev–Trinajstić information content (AvgIpc) is 2.34. The van der Waals surface area contributed by atoms with Gasteiger partial charge in [-0.2, -0.15) is 0 Å². The number of halogens is 1. The fourth-order valence-electron chi connectivity index (χ4n) is 1.90. The molecule has 0 unspecified atom stereocenters. The maximum Gasteiger partial charge on any atom is 0.0486 e. The van der Waals surface area contributed by atoms with Gasteiger partial charge in [0.05, 0.1) is 0 Å². The maximum atomic E-state index is 5.71. The van der Waals surface area contributed by atoms with Crippen molar-refractivity contribution in [3.63, 3.8) is 0 Å². The zero-order valence-corrected chi connectivity index (χ0v) is 12.0. The van der Waals surface area contributed by atoms with Gasteiger partial charge in [-0.15, -0.1) is 0 Å². The number of nitrogens with one attached hydrogen (secondary N) is 1. The summed E-state index contributed by atoms with van der Waals surface area (Å²) in [5.74, 6) is 0. The molecule has 0 saturated carbocycles. The molecule has 2 rings (SSSR count). The first kappa shape index (κ1) is 13.0. The van der Waals surface area contributed by atoms with Crippen LogP contribution >= 0.6 is 15.9 Å². The first-order chi connectivity index (χ1) is 8.66. The zero-order chi connectivity index (χ0) is 13.0. The molecule has 94 valence electrons. The first-order valence-electron chi connectivity index (χ1n) is 6.00. The van der Waals surface area contributed by atoms with Crippen LogP contribution in [-0.4, -0.2) is 6.54 Å². The Morgan fingerprint density at radius 2 is 1.94 bits per heavy atom. The van der Waals surface area contributed by atoms with E-state index < -0.39 is 0 Å². The van der Waals surface area contributed by atoms with Crippen LogP contribution < -0.4 is 11.1 Å². The molecule has 0 amide bonds. The van der Waals surface area contributed by atoms with E-state index in [2.05, 4.69) is 52.4 Å². The van der Waals surface area contributed by atoms with E-state index in [-0.39, 0.29) is 0 Å². The van der Waals surface area contributed by atoms with Crippen LogP contribution in [0, 0.1) is 6.92 Å². The Morgan fingerprint density at radius 3 is 2.67 bits per heavy atom. The summed E-state index contributed by atoms with van der Waals surface area (Å²) in [5.41, 5.74) is 10.3. The minimum Gasteiger partial charge on any atom is -0.399 e. The van der Waals surface area contributed by atoms with Crippen molar-refractivity contribution in [1.82, 2.24) is 0 Å². The normalized spacial score (nSPS) is 10.3. The summed E-state index contributed by atoms with van der Waals surface area (Å²) >= 11 is 3.51. The molecular weight excluding hydrogens is 288 g/mol. The van der Waals surface area contributed by atoms with Crippen molar-refractivity contribution in [2.75, 3.05) is 17.6 Å². The average molecular weight is 305 g/mol. The van der Waals surface area contributed by atoms with Crippen molar-refractivity contribution >= 4 is 27.3 Å². The van der Waals surface area contributed by atoms with Gasteiger partial charge in [0.25, 0.3) is 0 Å². The third kappa shape index (κ3) is 3.26. The van der Waals surface area contributed by atoms with Gasteiger partial charge in [0.15, 0.2) is 0 Å². The van der Waals surface area contributed by atoms with E-state index in [4.69, 9.17) is 5.73 Å². The molecule has 2 nitrogen and oxygen atoms in total. The molecule has 0 spiro atoms. The van der Waals surface area contributed by atoms with Crippen LogP contribution in [-0.2, 0) is 6.42 Å². The lowest BCUT2D eigenvalue weighted by molar-refractivity contribution is 1.00. The van der Waals surface area contributed by atoms with Gasteiger partial charge in [0, 0.05) is 22.4 Å². The fraction of sp³-hybridized carbons (Fsp3) is 0.200. The maximum absolute atomic E-state index is 5.71. The molecule has 0 aliphatic carbocycles. The Kier molecular flexibility index (Phi) is 4.26. The highest BCUT2D eigenvalue weighted by Crippen LogP contribution is 2.24. The summed E-state index contributed by atoms with van der Waals surface area (Å²) in [6.07, 6.45) is 1.02. The molecule has 0 bridgehead atoms. The Morgan fingerprint density at radius 1 is 1.17 bits per heavy atom. The van der Waals surface area contributed by atoms with E-state index in [9.17, 15) is 0 Å². The van der Waals surface area contributed by atoms with Crippen LogP contribution in [0.5, 0.6) is 0 Å². The molecule has 3 heteroatoms. The molecule has 0 aliphatic heterocycles. The van der Waals surface area contributed by atoms with Crippen LogP contribution in [0.4, 0.5) is 11.4 Å². The Labute approximate surface area is 116 Å². The van der Waals surface area contributed by atoms with Crippen molar-refractivity contribution in [2.24, 2.45) is 0 Å². The quantitative estimate of drug-likeness (QED) is 0.838. The predicted octanol–water partition coefficient (Wildman–Crippen LogP) is 3.99. The van der Waals surface area contributed by atoms with Crippen molar-refractivity contribution < 1.29 is 0 Å². The lowest BCUT2D eigenvalue weighted by Crippen LogP contribution is -2.06. The number of hydrogen-bond donors (Lipinski definition) is 2. The molecule has 0 atom stereocenters. The Balaban J connectivity index is 1.95. The zero-order valence-electron chi connectivity index (χ0n) is 10.4. The second-order valence-electron chi connectivity index (χ2n) is 4.34. The highest BCUT2D eigenvalue weighted by Gasteiger charge is 2.00. The summed E-state index contributed by atoms with van der Waals surface area (Å²) in [4.78, 5) is 0. The van der Waals surface area contributed by atoms with E-state index >= 15 is 0 Å². The molecule has 2 aromatic carbocycles. The molecule has 0 heterocycles. The topological polar surface area (TPSA) is 38.0 Å². The van der Waals surface area contributed by atoms with Gasteiger partial charge in [-0.25, -0.2) is 0 Å². The van der Waals surface area contributed by atoms with Gasteiger partial charge in [-0.3, -0.25) is 0 Å². The minimum atomic E-state index is 0.770. The second-order valence-corrected chi connectivity index (χ2v) is 5.20. The lowest BCUT2D eigenvalue weighted by Gasteiger charge is -2.10. The summed E-state index contributed by atoms with van der Waals surface area (Å²) < 4.78 is 1.01. The van der Waals surface area contributed by atoms with Gasteiger partial charge in [-0.1, -0.05) is 24.3 Å². The largest absolute Gasteiger partial charge is 0.399 e. The van der Waals surface area contributed by atoms with Gasteiger partial charge >= 0.3 is 0 Å². The van der Waals surface area contributed by atoms with Crippen molar-refractivity contribution in [1.29, 1.82) is 0 Å².